The third kappa shape index (κ3) is 5.64. The molecule has 1 aromatic carbocycles. The lowest BCUT2D eigenvalue weighted by Gasteiger charge is -2.03. The van der Waals surface area contributed by atoms with Crippen molar-refractivity contribution < 1.29 is 9.53 Å². The zero-order chi connectivity index (χ0) is 15.8. The first kappa shape index (κ1) is 16.7. The van der Waals surface area contributed by atoms with Crippen LogP contribution in [0, 0.1) is 0 Å². The molecule has 22 heavy (non-hydrogen) atoms. The van der Waals surface area contributed by atoms with Gasteiger partial charge in [-0.15, -0.1) is 0 Å². The zero-order valence-corrected chi connectivity index (χ0v) is 14.4. The van der Waals surface area contributed by atoms with Crippen molar-refractivity contribution in [2.75, 3.05) is 6.61 Å². The lowest BCUT2D eigenvalue weighted by molar-refractivity contribution is -0.143. The maximum absolute atomic E-state index is 11.2. The Hall–Kier alpha value is -1.62. The van der Waals surface area contributed by atoms with Crippen molar-refractivity contribution >= 4 is 21.9 Å². The van der Waals surface area contributed by atoms with E-state index in [0.717, 1.165) is 36.0 Å². The van der Waals surface area contributed by atoms with Crippen molar-refractivity contribution in [2.45, 2.75) is 39.2 Å². The van der Waals surface area contributed by atoms with E-state index >= 15 is 0 Å². The van der Waals surface area contributed by atoms with Crippen LogP contribution in [0.4, 0.5) is 0 Å². The molecule has 5 heteroatoms. The minimum Gasteiger partial charge on any atom is -0.466 e. The Labute approximate surface area is 139 Å². The zero-order valence-electron chi connectivity index (χ0n) is 12.8. The lowest BCUT2D eigenvalue weighted by atomic mass is 10.1. The molecule has 0 fully saturated rings. The number of aryl methyl sites for hydroxylation is 1. The molecule has 0 aliphatic heterocycles. The van der Waals surface area contributed by atoms with E-state index in [9.17, 15) is 4.79 Å². The summed E-state index contributed by atoms with van der Waals surface area (Å²) in [7, 11) is 0. The Morgan fingerprint density at radius 2 is 2.18 bits per heavy atom. The molecule has 2 aromatic rings. The van der Waals surface area contributed by atoms with Gasteiger partial charge in [0.05, 0.1) is 18.8 Å². The largest absolute Gasteiger partial charge is 0.466 e. The smallest absolute Gasteiger partial charge is 0.305 e. The molecule has 1 aromatic heterocycles. The number of nitrogens with zero attached hydrogens (tertiary/aromatic N) is 2. The Balaban J connectivity index is 1.76. The summed E-state index contributed by atoms with van der Waals surface area (Å²) >= 11 is 3.48. The number of carbonyl (C=O) groups excluding carboxylic acids is 1. The summed E-state index contributed by atoms with van der Waals surface area (Å²) in [5, 5.41) is 4.57. The van der Waals surface area contributed by atoms with Crippen molar-refractivity contribution in [3.63, 3.8) is 0 Å². The number of rotatable bonds is 8. The fraction of sp³-hybridized carbons (Fsp3) is 0.412. The molecule has 2 rings (SSSR count). The van der Waals surface area contributed by atoms with Gasteiger partial charge in [0.2, 0.25) is 0 Å². The van der Waals surface area contributed by atoms with Crippen LogP contribution in [0.1, 0.15) is 37.4 Å². The van der Waals surface area contributed by atoms with Gasteiger partial charge in [0.25, 0.3) is 0 Å². The van der Waals surface area contributed by atoms with Crippen LogP contribution in [0.2, 0.25) is 0 Å². The highest BCUT2D eigenvalue weighted by Crippen LogP contribution is 2.13. The monoisotopic (exact) mass is 364 g/mol. The fourth-order valence-electron chi connectivity index (χ4n) is 2.26. The molecule has 0 spiro atoms. The van der Waals surface area contributed by atoms with E-state index in [0.29, 0.717) is 13.0 Å². The maximum Gasteiger partial charge on any atom is 0.305 e. The van der Waals surface area contributed by atoms with Crippen LogP contribution in [0.3, 0.4) is 0 Å². The maximum atomic E-state index is 11.2. The summed E-state index contributed by atoms with van der Waals surface area (Å²) in [6, 6.07) is 10.3. The normalized spacial score (nSPS) is 10.6. The molecule has 0 unspecified atom stereocenters. The van der Waals surface area contributed by atoms with E-state index in [1.807, 2.05) is 36.0 Å². The van der Waals surface area contributed by atoms with E-state index in [4.69, 9.17) is 4.74 Å². The van der Waals surface area contributed by atoms with E-state index in [-0.39, 0.29) is 5.97 Å². The predicted octanol–water partition coefficient (Wildman–Crippen LogP) is 3.97. The van der Waals surface area contributed by atoms with Crippen LogP contribution in [0.25, 0.3) is 0 Å². The molecule has 0 amide bonds. The van der Waals surface area contributed by atoms with Crippen molar-refractivity contribution in [3.05, 3.63) is 52.3 Å². The molecule has 0 aliphatic carbocycles. The van der Waals surface area contributed by atoms with Gasteiger partial charge in [-0.2, -0.15) is 5.10 Å². The van der Waals surface area contributed by atoms with E-state index in [1.165, 1.54) is 5.56 Å². The number of carbonyl (C=O) groups is 1. The number of hydrogen-bond donors (Lipinski definition) is 0. The van der Waals surface area contributed by atoms with Crippen LogP contribution in [-0.2, 0) is 22.5 Å². The molecule has 0 radical (unpaired) electrons. The number of aromatic nitrogens is 2. The van der Waals surface area contributed by atoms with Crippen molar-refractivity contribution in [3.8, 4) is 0 Å². The number of benzene rings is 1. The summed E-state index contributed by atoms with van der Waals surface area (Å²) in [5.41, 5.74) is 2.28. The second-order valence-electron chi connectivity index (χ2n) is 5.15. The minimum atomic E-state index is -0.109. The lowest BCUT2D eigenvalue weighted by Crippen LogP contribution is -2.04. The van der Waals surface area contributed by atoms with Gasteiger partial charge in [0, 0.05) is 17.1 Å². The first-order chi connectivity index (χ1) is 10.7. The Kier molecular flexibility index (Phi) is 6.65. The summed E-state index contributed by atoms with van der Waals surface area (Å²) < 4.78 is 7.94. The van der Waals surface area contributed by atoms with E-state index < -0.39 is 0 Å². The molecule has 0 atom stereocenters. The second kappa shape index (κ2) is 8.73. The van der Waals surface area contributed by atoms with Crippen LogP contribution in [0.15, 0.2) is 41.0 Å². The first-order valence-electron chi connectivity index (χ1n) is 7.60. The number of halogens is 1. The van der Waals surface area contributed by atoms with Gasteiger partial charge in [-0.05, 0) is 49.9 Å². The number of hydrogen-bond acceptors (Lipinski definition) is 3. The Bertz CT molecular complexity index is 610. The number of unbranched alkanes of at least 4 members (excludes halogenated alkanes) is 1. The van der Waals surface area contributed by atoms with Gasteiger partial charge in [-0.1, -0.05) is 28.1 Å². The quantitative estimate of drug-likeness (QED) is 0.525. The fourth-order valence-corrected chi connectivity index (χ4v) is 2.70. The van der Waals surface area contributed by atoms with Crippen molar-refractivity contribution in [2.24, 2.45) is 0 Å². The molecule has 0 bridgehead atoms. The molecular weight excluding hydrogens is 344 g/mol. The highest BCUT2D eigenvalue weighted by atomic mass is 79.9. The van der Waals surface area contributed by atoms with Crippen molar-refractivity contribution in [1.82, 2.24) is 9.78 Å². The van der Waals surface area contributed by atoms with E-state index in [2.05, 4.69) is 33.2 Å². The third-order valence-corrected chi connectivity index (χ3v) is 3.79. The Morgan fingerprint density at radius 3 is 2.95 bits per heavy atom. The average Bonchev–Trinajstić information content (AvgIpc) is 2.91. The molecule has 0 saturated carbocycles. The molecule has 118 valence electrons. The van der Waals surface area contributed by atoms with Gasteiger partial charge in [0.1, 0.15) is 0 Å². The number of esters is 1. The highest BCUT2D eigenvalue weighted by Gasteiger charge is 2.04. The van der Waals surface area contributed by atoms with Gasteiger partial charge in [-0.25, -0.2) is 0 Å². The first-order valence-corrected chi connectivity index (χ1v) is 8.39. The van der Waals surface area contributed by atoms with Crippen LogP contribution in [-0.4, -0.2) is 22.4 Å². The van der Waals surface area contributed by atoms with Crippen molar-refractivity contribution in [1.29, 1.82) is 0 Å². The number of ether oxygens (including phenoxy) is 1. The van der Waals surface area contributed by atoms with Gasteiger partial charge >= 0.3 is 5.97 Å². The SMILES string of the molecule is CCOC(=O)CCCCc1ccn(Cc2cccc(Br)c2)n1. The summed E-state index contributed by atoms with van der Waals surface area (Å²) in [6.07, 6.45) is 5.18. The van der Waals surface area contributed by atoms with Gasteiger partial charge < -0.3 is 4.74 Å². The molecular formula is C17H21BrN2O2. The minimum absolute atomic E-state index is 0.109. The molecule has 1 heterocycles. The average molecular weight is 365 g/mol. The third-order valence-electron chi connectivity index (χ3n) is 3.30. The van der Waals surface area contributed by atoms with Gasteiger partial charge in [-0.3, -0.25) is 9.48 Å². The summed E-state index contributed by atoms with van der Waals surface area (Å²) in [5.74, 6) is -0.109. The topological polar surface area (TPSA) is 44.1 Å². The molecule has 0 aliphatic rings. The standard InChI is InChI=1S/C17H21BrN2O2/c1-2-22-17(21)9-4-3-8-16-10-11-20(19-16)13-14-6-5-7-15(18)12-14/h5-7,10-12H,2-4,8-9,13H2,1H3. The van der Waals surface area contributed by atoms with Crippen LogP contribution < -0.4 is 0 Å². The van der Waals surface area contributed by atoms with E-state index in [1.54, 1.807) is 0 Å². The molecule has 0 N–H and O–H groups in total. The Morgan fingerprint density at radius 1 is 1.32 bits per heavy atom. The highest BCUT2D eigenvalue weighted by molar-refractivity contribution is 9.10. The van der Waals surface area contributed by atoms with Crippen LogP contribution >= 0.6 is 15.9 Å². The molecule has 0 saturated heterocycles. The summed E-state index contributed by atoms with van der Waals surface area (Å²) in [4.78, 5) is 11.2. The second-order valence-corrected chi connectivity index (χ2v) is 6.06. The van der Waals surface area contributed by atoms with Gasteiger partial charge in [0.15, 0.2) is 0 Å². The molecule has 4 nitrogen and oxygen atoms in total. The van der Waals surface area contributed by atoms with Crippen LogP contribution in [0.5, 0.6) is 0 Å². The summed E-state index contributed by atoms with van der Waals surface area (Å²) in [6.45, 7) is 3.05. The predicted molar refractivity (Wildman–Crippen MR) is 89.7 cm³/mol.